The number of nitrogens with zero attached hydrogens (tertiary/aromatic N) is 3. The van der Waals surface area contributed by atoms with Gasteiger partial charge >= 0.3 is 5.69 Å². The van der Waals surface area contributed by atoms with Crippen LogP contribution in [0, 0.1) is 13.8 Å². The lowest BCUT2D eigenvalue weighted by molar-refractivity contribution is 0.415. The van der Waals surface area contributed by atoms with Crippen molar-refractivity contribution in [2.75, 3.05) is 13.7 Å². The minimum Gasteiger partial charge on any atom is -0.497 e. The van der Waals surface area contributed by atoms with E-state index in [0.29, 0.717) is 5.82 Å². The topological polar surface area (TPSA) is 95.2 Å². The van der Waals surface area contributed by atoms with Crippen LogP contribution in [0.4, 0.5) is 0 Å². The maximum Gasteiger partial charge on any atom is 0.346 e. The molecule has 2 aromatic carbocycles. The molecule has 0 aliphatic heterocycles. The summed E-state index contributed by atoms with van der Waals surface area (Å²) < 4.78 is 36.0. The fourth-order valence-corrected chi connectivity index (χ4v) is 4.52. The third kappa shape index (κ3) is 4.42. The van der Waals surface area contributed by atoms with Crippen molar-refractivity contribution in [3.05, 3.63) is 64.1 Å². The highest BCUT2D eigenvalue weighted by atomic mass is 32.2. The van der Waals surface area contributed by atoms with E-state index in [0.717, 1.165) is 35.3 Å². The number of aromatic nitrogens is 3. The summed E-state index contributed by atoms with van der Waals surface area (Å²) in [5, 5.41) is 4.51. The molecular weight excluding hydrogens is 416 g/mol. The number of nitrogens with one attached hydrogen (secondary N) is 1. The van der Waals surface area contributed by atoms with E-state index in [4.69, 9.17) is 4.74 Å². The zero-order valence-electron chi connectivity index (χ0n) is 17.8. The fourth-order valence-electron chi connectivity index (χ4n) is 3.41. The zero-order chi connectivity index (χ0) is 22.2. The van der Waals surface area contributed by atoms with Crippen molar-refractivity contribution < 1.29 is 13.2 Å². The molecule has 164 valence electrons. The van der Waals surface area contributed by atoms with E-state index >= 15 is 0 Å². The molecule has 9 heteroatoms. The van der Waals surface area contributed by atoms with Crippen LogP contribution in [-0.2, 0) is 16.6 Å². The molecule has 0 atom stereocenters. The first-order valence-corrected chi connectivity index (χ1v) is 11.7. The lowest BCUT2D eigenvalue weighted by Gasteiger charge is -2.08. The van der Waals surface area contributed by atoms with Gasteiger partial charge in [-0.1, -0.05) is 6.07 Å². The molecule has 1 saturated carbocycles. The molecule has 0 saturated heterocycles. The third-order valence-corrected chi connectivity index (χ3v) is 6.99. The molecule has 8 nitrogen and oxygen atoms in total. The predicted molar refractivity (Wildman–Crippen MR) is 118 cm³/mol. The molecule has 0 spiro atoms. The number of benzene rings is 2. The Morgan fingerprint density at radius 2 is 1.81 bits per heavy atom. The van der Waals surface area contributed by atoms with E-state index in [1.54, 1.807) is 29.9 Å². The van der Waals surface area contributed by atoms with Gasteiger partial charge in [0.15, 0.2) is 5.82 Å². The van der Waals surface area contributed by atoms with Crippen LogP contribution in [-0.4, -0.2) is 36.4 Å². The van der Waals surface area contributed by atoms with Crippen molar-refractivity contribution in [1.82, 2.24) is 19.1 Å². The first-order valence-electron chi connectivity index (χ1n) is 10.2. The van der Waals surface area contributed by atoms with Crippen LogP contribution in [0.3, 0.4) is 0 Å². The van der Waals surface area contributed by atoms with Crippen LogP contribution in [0.2, 0.25) is 0 Å². The van der Waals surface area contributed by atoms with Crippen LogP contribution in [0.15, 0.2) is 52.2 Å². The van der Waals surface area contributed by atoms with Gasteiger partial charge in [0.25, 0.3) is 0 Å². The Kier molecular flexibility index (Phi) is 5.72. The summed E-state index contributed by atoms with van der Waals surface area (Å²) in [6.07, 6.45) is 1.88. The normalized spacial score (nSPS) is 14.0. The largest absolute Gasteiger partial charge is 0.497 e. The molecule has 0 unspecified atom stereocenters. The molecule has 4 rings (SSSR count). The molecule has 0 amide bonds. The summed E-state index contributed by atoms with van der Waals surface area (Å²) in [4.78, 5) is 13.2. The number of hydrogen-bond donors (Lipinski definition) is 1. The second-order valence-electron chi connectivity index (χ2n) is 7.80. The molecule has 1 aliphatic rings. The predicted octanol–water partition coefficient (Wildman–Crippen LogP) is 2.65. The Hall–Kier alpha value is -2.91. The Labute approximate surface area is 181 Å². The molecule has 3 aromatic rings. The minimum atomic E-state index is -3.66. The van der Waals surface area contributed by atoms with Gasteiger partial charge in [0, 0.05) is 18.2 Å². The van der Waals surface area contributed by atoms with Gasteiger partial charge in [-0.2, -0.15) is 0 Å². The Balaban J connectivity index is 1.53. The molecule has 0 radical (unpaired) electrons. The molecule has 1 fully saturated rings. The lowest BCUT2D eigenvalue weighted by Crippen LogP contribution is -2.32. The summed E-state index contributed by atoms with van der Waals surface area (Å²) >= 11 is 0. The van der Waals surface area contributed by atoms with Crippen molar-refractivity contribution in [2.45, 2.75) is 44.2 Å². The van der Waals surface area contributed by atoms with E-state index in [1.165, 1.54) is 4.68 Å². The van der Waals surface area contributed by atoms with Crippen LogP contribution >= 0.6 is 0 Å². The van der Waals surface area contributed by atoms with Gasteiger partial charge in [0.2, 0.25) is 10.0 Å². The highest BCUT2D eigenvalue weighted by Crippen LogP contribution is 2.36. The summed E-state index contributed by atoms with van der Waals surface area (Å²) in [6.45, 7) is 4.02. The summed E-state index contributed by atoms with van der Waals surface area (Å²) in [7, 11) is -2.06. The lowest BCUT2D eigenvalue weighted by atomic mass is 10.1. The molecule has 0 bridgehead atoms. The van der Waals surface area contributed by atoms with Crippen LogP contribution < -0.4 is 15.1 Å². The number of sulfonamides is 1. The average molecular weight is 443 g/mol. The van der Waals surface area contributed by atoms with E-state index in [-0.39, 0.29) is 29.7 Å². The number of ether oxygens (including phenoxy) is 1. The average Bonchev–Trinajstić information content (AvgIpc) is 3.54. The van der Waals surface area contributed by atoms with Crippen molar-refractivity contribution in [3.8, 4) is 17.1 Å². The van der Waals surface area contributed by atoms with Crippen LogP contribution in [0.1, 0.15) is 30.0 Å². The van der Waals surface area contributed by atoms with Crippen molar-refractivity contribution >= 4 is 10.0 Å². The molecule has 1 N–H and O–H groups in total. The quantitative estimate of drug-likeness (QED) is 0.579. The highest BCUT2D eigenvalue weighted by Gasteiger charge is 2.30. The minimum absolute atomic E-state index is 0.0683. The van der Waals surface area contributed by atoms with Gasteiger partial charge in [0.1, 0.15) is 5.75 Å². The number of methoxy groups -OCH3 is 1. The van der Waals surface area contributed by atoms with E-state index in [9.17, 15) is 13.2 Å². The van der Waals surface area contributed by atoms with E-state index < -0.39 is 10.0 Å². The third-order valence-electron chi connectivity index (χ3n) is 5.54. The summed E-state index contributed by atoms with van der Waals surface area (Å²) in [5.41, 5.74) is 2.53. The van der Waals surface area contributed by atoms with Gasteiger partial charge in [-0.15, -0.1) is 5.10 Å². The number of hydrogen-bond acceptors (Lipinski definition) is 5. The smallest absolute Gasteiger partial charge is 0.346 e. The molecular formula is C22H26N4O4S. The van der Waals surface area contributed by atoms with E-state index in [2.05, 4.69) is 9.82 Å². The van der Waals surface area contributed by atoms with Crippen molar-refractivity contribution in [2.24, 2.45) is 0 Å². The van der Waals surface area contributed by atoms with Gasteiger partial charge in [-0.05, 0) is 74.2 Å². The monoisotopic (exact) mass is 442 g/mol. The molecule has 1 aromatic heterocycles. The SMILES string of the molecule is COc1ccc(-c2nn(CCNS(=O)(=O)c3ccc(C)c(C)c3)c(=O)n2C2CC2)cc1. The fraction of sp³-hybridized carbons (Fsp3) is 0.364. The van der Waals surface area contributed by atoms with E-state index in [1.807, 2.05) is 38.1 Å². The Morgan fingerprint density at radius 1 is 1.10 bits per heavy atom. The Morgan fingerprint density at radius 3 is 2.42 bits per heavy atom. The summed E-state index contributed by atoms with van der Waals surface area (Å²) in [6, 6.07) is 12.5. The van der Waals surface area contributed by atoms with Gasteiger partial charge in [-0.3, -0.25) is 4.57 Å². The van der Waals surface area contributed by atoms with Crippen molar-refractivity contribution in [1.29, 1.82) is 0 Å². The first kappa shape index (κ1) is 21.3. The Bertz CT molecular complexity index is 1260. The van der Waals surface area contributed by atoms with Gasteiger partial charge in [-0.25, -0.2) is 22.6 Å². The molecule has 31 heavy (non-hydrogen) atoms. The van der Waals surface area contributed by atoms with Crippen molar-refractivity contribution in [3.63, 3.8) is 0 Å². The maximum absolute atomic E-state index is 12.9. The van der Waals surface area contributed by atoms with Gasteiger partial charge in [0.05, 0.1) is 18.6 Å². The second-order valence-corrected chi connectivity index (χ2v) is 9.57. The number of rotatable bonds is 8. The number of aryl methyl sites for hydroxylation is 2. The molecule has 1 aliphatic carbocycles. The zero-order valence-corrected chi connectivity index (χ0v) is 18.6. The standard InChI is InChI=1S/C22H26N4O4S/c1-15-4-11-20(14-16(15)2)31(28,29)23-12-13-25-22(27)26(18-7-8-18)21(24-25)17-5-9-19(30-3)10-6-17/h4-6,9-11,14,18,23H,7-8,12-13H2,1-3H3. The maximum atomic E-state index is 12.9. The first-order chi connectivity index (χ1) is 14.8. The van der Waals surface area contributed by atoms with Crippen LogP contribution in [0.25, 0.3) is 11.4 Å². The van der Waals surface area contributed by atoms with Crippen LogP contribution in [0.5, 0.6) is 5.75 Å². The van der Waals surface area contributed by atoms with Gasteiger partial charge < -0.3 is 4.74 Å². The summed E-state index contributed by atoms with van der Waals surface area (Å²) in [5.74, 6) is 1.32. The molecule has 1 heterocycles. The highest BCUT2D eigenvalue weighted by molar-refractivity contribution is 7.89. The second kappa shape index (κ2) is 8.32.